The Hall–Kier alpha value is -1.28. The smallest absolute Gasteiger partial charge is 0.381 e. The van der Waals surface area contributed by atoms with Gasteiger partial charge in [0.2, 0.25) is 0 Å². The first-order valence-corrected chi connectivity index (χ1v) is 7.55. The third-order valence-electron chi connectivity index (χ3n) is 3.24. The molecule has 8 heteroatoms. The Kier molecular flexibility index (Phi) is 5.46. The minimum atomic E-state index is -4.40. The van der Waals surface area contributed by atoms with Crippen LogP contribution in [0.3, 0.4) is 0 Å². The van der Waals surface area contributed by atoms with Gasteiger partial charge in [0.05, 0.1) is 6.54 Å². The largest absolute Gasteiger partial charge is 0.406 e. The number of thiophene rings is 1. The van der Waals surface area contributed by atoms with E-state index in [1.807, 2.05) is 17.5 Å². The molecule has 4 nitrogen and oxygen atoms in total. The third-order valence-corrected chi connectivity index (χ3v) is 4.11. The zero-order valence-corrected chi connectivity index (χ0v) is 12.2. The van der Waals surface area contributed by atoms with Crippen molar-refractivity contribution in [2.24, 2.45) is 0 Å². The average molecular weight is 322 g/mol. The van der Waals surface area contributed by atoms with Crippen LogP contribution in [0.4, 0.5) is 18.0 Å². The summed E-state index contributed by atoms with van der Waals surface area (Å²) in [6.07, 6.45) is -3.54. The molecule has 2 rings (SSSR count). The lowest BCUT2D eigenvalue weighted by Crippen LogP contribution is -2.51. The van der Waals surface area contributed by atoms with Gasteiger partial charge in [-0.2, -0.15) is 13.2 Å². The van der Waals surface area contributed by atoms with Crippen LogP contribution in [-0.4, -0.2) is 42.9 Å². The second-order valence-corrected chi connectivity index (χ2v) is 5.86. The Bertz CT molecular complexity index is 445. The van der Waals surface area contributed by atoms with Gasteiger partial charge in [-0.15, -0.1) is 11.3 Å². The third kappa shape index (κ3) is 5.20. The van der Waals surface area contributed by atoms with Crippen molar-refractivity contribution in [3.8, 4) is 0 Å². The molecule has 118 valence electrons. The molecule has 0 saturated carbocycles. The highest BCUT2D eigenvalue weighted by molar-refractivity contribution is 7.09. The number of halogens is 3. The first-order chi connectivity index (χ1) is 9.96. The minimum absolute atomic E-state index is 0.244. The predicted octanol–water partition coefficient (Wildman–Crippen LogP) is 3.00. The molecule has 1 aromatic heterocycles. The Labute approximate surface area is 124 Å². The summed E-state index contributed by atoms with van der Waals surface area (Å²) in [7, 11) is 0. The SMILES string of the molecule is O=C(NCc1cccs1)N(CC(F)(F)F)C1CCOCC1. The number of rotatable bonds is 4. The van der Waals surface area contributed by atoms with E-state index in [0.717, 1.165) is 9.78 Å². The number of alkyl halides is 3. The van der Waals surface area contributed by atoms with Crippen molar-refractivity contribution in [1.82, 2.24) is 10.2 Å². The molecule has 1 aliphatic rings. The maximum absolute atomic E-state index is 12.7. The van der Waals surface area contributed by atoms with Crippen molar-refractivity contribution < 1.29 is 22.7 Å². The molecule has 0 bridgehead atoms. The zero-order valence-electron chi connectivity index (χ0n) is 11.4. The van der Waals surface area contributed by atoms with E-state index < -0.39 is 24.8 Å². The molecule has 1 aliphatic heterocycles. The highest BCUT2D eigenvalue weighted by Gasteiger charge is 2.37. The first kappa shape index (κ1) is 16.1. The van der Waals surface area contributed by atoms with Gasteiger partial charge in [-0.1, -0.05) is 6.07 Å². The summed E-state index contributed by atoms with van der Waals surface area (Å²) < 4.78 is 43.2. The molecule has 1 saturated heterocycles. The second-order valence-electron chi connectivity index (χ2n) is 4.82. The summed E-state index contributed by atoms with van der Waals surface area (Å²) in [4.78, 5) is 13.9. The molecule has 1 fully saturated rings. The van der Waals surface area contributed by atoms with E-state index in [0.29, 0.717) is 26.1 Å². The van der Waals surface area contributed by atoms with Gasteiger partial charge in [-0.25, -0.2) is 4.79 Å². The molecule has 2 amide bonds. The first-order valence-electron chi connectivity index (χ1n) is 6.67. The van der Waals surface area contributed by atoms with Crippen LogP contribution in [0, 0.1) is 0 Å². The molecule has 0 aromatic carbocycles. The standard InChI is InChI=1S/C13H17F3N2O2S/c14-13(15,16)9-18(10-3-5-20-6-4-10)12(19)17-8-11-2-1-7-21-11/h1-2,7,10H,3-6,8-9H2,(H,17,19). The van der Waals surface area contributed by atoms with Crippen LogP contribution in [0.15, 0.2) is 17.5 Å². The fourth-order valence-corrected chi connectivity index (χ4v) is 2.88. The van der Waals surface area contributed by atoms with Crippen LogP contribution in [0.5, 0.6) is 0 Å². The van der Waals surface area contributed by atoms with Crippen LogP contribution in [0.25, 0.3) is 0 Å². The highest BCUT2D eigenvalue weighted by atomic mass is 32.1. The van der Waals surface area contributed by atoms with E-state index in [1.165, 1.54) is 11.3 Å². The number of carbonyl (C=O) groups excluding carboxylic acids is 1. The van der Waals surface area contributed by atoms with Gasteiger partial charge in [-0.05, 0) is 24.3 Å². The molecular formula is C13H17F3N2O2S. The minimum Gasteiger partial charge on any atom is -0.381 e. The van der Waals surface area contributed by atoms with E-state index >= 15 is 0 Å². The summed E-state index contributed by atoms with van der Waals surface area (Å²) >= 11 is 1.45. The molecule has 0 aliphatic carbocycles. The van der Waals surface area contributed by atoms with Crippen LogP contribution < -0.4 is 5.32 Å². The van der Waals surface area contributed by atoms with E-state index in [1.54, 1.807) is 0 Å². The summed E-state index contributed by atoms with van der Waals surface area (Å²) in [5, 5.41) is 4.42. The van der Waals surface area contributed by atoms with Gasteiger partial charge in [0.1, 0.15) is 6.54 Å². The van der Waals surface area contributed by atoms with Crippen molar-refractivity contribution in [1.29, 1.82) is 0 Å². The number of nitrogens with zero attached hydrogens (tertiary/aromatic N) is 1. The number of amides is 2. The van der Waals surface area contributed by atoms with Crippen molar-refractivity contribution in [3.05, 3.63) is 22.4 Å². The molecule has 0 unspecified atom stereocenters. The fourth-order valence-electron chi connectivity index (χ4n) is 2.23. The van der Waals surface area contributed by atoms with Crippen molar-refractivity contribution in [2.45, 2.75) is 31.6 Å². The van der Waals surface area contributed by atoms with Gasteiger partial charge >= 0.3 is 12.2 Å². The lowest BCUT2D eigenvalue weighted by molar-refractivity contribution is -0.146. The van der Waals surface area contributed by atoms with Crippen LogP contribution >= 0.6 is 11.3 Å². The molecule has 1 N–H and O–H groups in total. The van der Waals surface area contributed by atoms with Crippen molar-refractivity contribution in [3.63, 3.8) is 0 Å². The summed E-state index contributed by atoms with van der Waals surface area (Å²) in [5.74, 6) is 0. The maximum atomic E-state index is 12.7. The number of ether oxygens (including phenoxy) is 1. The van der Waals surface area contributed by atoms with E-state index in [4.69, 9.17) is 4.74 Å². The fraction of sp³-hybridized carbons (Fsp3) is 0.615. The molecule has 1 aromatic rings. The molecule has 0 radical (unpaired) electrons. The molecule has 0 atom stereocenters. The molecule has 2 heterocycles. The van der Waals surface area contributed by atoms with Gasteiger partial charge in [-0.3, -0.25) is 0 Å². The van der Waals surface area contributed by atoms with Crippen molar-refractivity contribution in [2.75, 3.05) is 19.8 Å². The van der Waals surface area contributed by atoms with E-state index in [-0.39, 0.29) is 6.54 Å². The van der Waals surface area contributed by atoms with Gasteiger partial charge < -0.3 is 15.0 Å². The number of nitrogens with one attached hydrogen (secondary N) is 1. The van der Waals surface area contributed by atoms with Crippen LogP contribution in [0.1, 0.15) is 17.7 Å². The average Bonchev–Trinajstić information content (AvgIpc) is 2.95. The summed E-state index contributed by atoms with van der Waals surface area (Å²) in [6, 6.07) is 2.56. The van der Waals surface area contributed by atoms with Gasteiger partial charge in [0.15, 0.2) is 0 Å². The molecule has 0 spiro atoms. The lowest BCUT2D eigenvalue weighted by atomic mass is 10.1. The van der Waals surface area contributed by atoms with Crippen LogP contribution in [-0.2, 0) is 11.3 Å². The zero-order chi connectivity index (χ0) is 15.3. The number of hydrogen-bond donors (Lipinski definition) is 1. The Balaban J connectivity index is 1.97. The predicted molar refractivity (Wildman–Crippen MR) is 73.2 cm³/mol. The maximum Gasteiger partial charge on any atom is 0.406 e. The second kappa shape index (κ2) is 7.13. The summed E-state index contributed by atoms with van der Waals surface area (Å²) in [6.45, 7) is -0.212. The topological polar surface area (TPSA) is 41.6 Å². The van der Waals surface area contributed by atoms with E-state index in [2.05, 4.69) is 5.32 Å². The summed E-state index contributed by atoms with van der Waals surface area (Å²) in [5.41, 5.74) is 0. The normalized spacial score (nSPS) is 16.7. The van der Waals surface area contributed by atoms with Gasteiger partial charge in [0.25, 0.3) is 0 Å². The Morgan fingerprint density at radius 2 is 2.14 bits per heavy atom. The highest BCUT2D eigenvalue weighted by Crippen LogP contribution is 2.22. The molecule has 21 heavy (non-hydrogen) atoms. The van der Waals surface area contributed by atoms with Gasteiger partial charge in [0, 0.05) is 24.1 Å². The van der Waals surface area contributed by atoms with Crippen molar-refractivity contribution >= 4 is 17.4 Å². The lowest BCUT2D eigenvalue weighted by Gasteiger charge is -2.34. The van der Waals surface area contributed by atoms with Crippen LogP contribution in [0.2, 0.25) is 0 Å². The monoisotopic (exact) mass is 322 g/mol. The quantitative estimate of drug-likeness (QED) is 0.926. The number of carbonyl (C=O) groups is 1. The number of urea groups is 1. The number of hydrogen-bond acceptors (Lipinski definition) is 3. The Morgan fingerprint density at radius 3 is 2.71 bits per heavy atom. The van der Waals surface area contributed by atoms with E-state index in [9.17, 15) is 18.0 Å². The molecular weight excluding hydrogens is 305 g/mol. The Morgan fingerprint density at radius 1 is 1.43 bits per heavy atom.